The first-order valence-electron chi connectivity index (χ1n) is 8.14. The molecule has 120 valence electrons. The molecule has 0 N–H and O–H groups in total. The van der Waals surface area contributed by atoms with Gasteiger partial charge in [0.1, 0.15) is 0 Å². The van der Waals surface area contributed by atoms with E-state index >= 15 is 0 Å². The summed E-state index contributed by atoms with van der Waals surface area (Å²) in [6.07, 6.45) is 8.36. The summed E-state index contributed by atoms with van der Waals surface area (Å²) in [4.78, 5) is 22.9. The summed E-state index contributed by atoms with van der Waals surface area (Å²) in [7, 11) is 0. The predicted octanol–water partition coefficient (Wildman–Crippen LogP) is 2.89. The van der Waals surface area contributed by atoms with Crippen LogP contribution in [-0.2, 0) is 19.1 Å². The predicted molar refractivity (Wildman–Crippen MR) is 81.8 cm³/mol. The quantitative estimate of drug-likeness (QED) is 0.559. The van der Waals surface area contributed by atoms with Crippen LogP contribution >= 0.6 is 0 Å². The molecule has 0 amide bonds. The fraction of sp³-hybridized carbons (Fsp3) is 0.667. The lowest BCUT2D eigenvalue weighted by Gasteiger charge is -2.60. The second kappa shape index (κ2) is 5.90. The van der Waals surface area contributed by atoms with Crippen LogP contribution in [0.1, 0.15) is 32.1 Å². The van der Waals surface area contributed by atoms with Crippen molar-refractivity contribution < 1.29 is 19.1 Å². The molecule has 4 bridgehead atoms. The minimum absolute atomic E-state index is 0.0190. The number of esters is 2. The van der Waals surface area contributed by atoms with Crippen LogP contribution in [0.25, 0.3) is 0 Å². The topological polar surface area (TPSA) is 52.6 Å². The molecule has 0 saturated heterocycles. The van der Waals surface area contributed by atoms with Crippen molar-refractivity contribution in [3.63, 3.8) is 0 Å². The molecule has 0 heterocycles. The molecule has 0 aromatic rings. The average Bonchev–Trinajstić information content (AvgIpc) is 2.51. The summed E-state index contributed by atoms with van der Waals surface area (Å²) in [5, 5.41) is 0. The van der Waals surface area contributed by atoms with Crippen LogP contribution in [0, 0.1) is 29.1 Å². The molecule has 4 fully saturated rings. The van der Waals surface area contributed by atoms with Crippen LogP contribution in [-0.4, -0.2) is 25.2 Å². The van der Waals surface area contributed by atoms with Gasteiger partial charge in [0.25, 0.3) is 0 Å². The third-order valence-electron chi connectivity index (χ3n) is 5.93. The van der Waals surface area contributed by atoms with Gasteiger partial charge < -0.3 is 9.47 Å². The van der Waals surface area contributed by atoms with Gasteiger partial charge in [-0.1, -0.05) is 13.2 Å². The van der Waals surface area contributed by atoms with Crippen molar-refractivity contribution in [1.29, 1.82) is 0 Å². The van der Waals surface area contributed by atoms with Gasteiger partial charge in [-0.15, -0.1) is 0 Å². The Hall–Kier alpha value is -1.58. The summed E-state index contributed by atoms with van der Waals surface area (Å²) in [5.41, 5.74) is -0.0190. The lowest BCUT2D eigenvalue weighted by molar-refractivity contribution is -0.176. The van der Waals surface area contributed by atoms with Crippen molar-refractivity contribution in [2.24, 2.45) is 29.1 Å². The summed E-state index contributed by atoms with van der Waals surface area (Å²) < 4.78 is 10.8. The van der Waals surface area contributed by atoms with Gasteiger partial charge in [0.05, 0.1) is 13.2 Å². The second-order valence-corrected chi connectivity index (χ2v) is 7.22. The molecule has 3 unspecified atom stereocenters. The van der Waals surface area contributed by atoms with Gasteiger partial charge >= 0.3 is 11.9 Å². The molecule has 0 radical (unpaired) electrons. The van der Waals surface area contributed by atoms with Crippen LogP contribution in [0.2, 0.25) is 0 Å². The maximum absolute atomic E-state index is 11.5. The molecule has 0 aliphatic heterocycles. The fourth-order valence-corrected chi connectivity index (χ4v) is 5.36. The second-order valence-electron chi connectivity index (χ2n) is 7.22. The summed E-state index contributed by atoms with van der Waals surface area (Å²) in [6, 6.07) is 0. The Labute approximate surface area is 131 Å². The van der Waals surface area contributed by atoms with E-state index in [0.29, 0.717) is 25.0 Å². The minimum atomic E-state index is -0.368. The SMILES string of the molecule is C=CC(=O)OCC1C2CC3CC(C2)CC1(COC(=O)C=C)C3. The Balaban J connectivity index is 1.75. The van der Waals surface area contributed by atoms with Crippen LogP contribution in [0.3, 0.4) is 0 Å². The molecule has 0 spiro atoms. The van der Waals surface area contributed by atoms with Crippen molar-refractivity contribution in [1.82, 2.24) is 0 Å². The Bertz CT molecular complexity index is 481. The number of rotatable bonds is 6. The van der Waals surface area contributed by atoms with Crippen LogP contribution in [0.4, 0.5) is 0 Å². The zero-order valence-corrected chi connectivity index (χ0v) is 13.0. The highest BCUT2D eigenvalue weighted by Gasteiger charge is 2.57. The number of hydrogen-bond donors (Lipinski definition) is 0. The monoisotopic (exact) mass is 304 g/mol. The van der Waals surface area contributed by atoms with E-state index in [2.05, 4.69) is 13.2 Å². The van der Waals surface area contributed by atoms with E-state index in [9.17, 15) is 9.59 Å². The van der Waals surface area contributed by atoms with Crippen molar-refractivity contribution in [2.75, 3.05) is 13.2 Å². The lowest BCUT2D eigenvalue weighted by Crippen LogP contribution is -2.56. The summed E-state index contributed by atoms with van der Waals surface area (Å²) in [5.74, 6) is 1.63. The van der Waals surface area contributed by atoms with Crippen LogP contribution < -0.4 is 0 Å². The third-order valence-corrected chi connectivity index (χ3v) is 5.93. The van der Waals surface area contributed by atoms with Gasteiger partial charge in [0, 0.05) is 23.5 Å². The number of carbonyl (C=O) groups is 2. The Morgan fingerprint density at radius 2 is 1.59 bits per heavy atom. The molecular formula is C18H24O4. The van der Waals surface area contributed by atoms with Crippen molar-refractivity contribution in [3.8, 4) is 0 Å². The highest BCUT2D eigenvalue weighted by Crippen LogP contribution is 2.63. The average molecular weight is 304 g/mol. The zero-order chi connectivity index (χ0) is 15.7. The van der Waals surface area contributed by atoms with E-state index in [-0.39, 0.29) is 17.4 Å². The first-order valence-corrected chi connectivity index (χ1v) is 8.14. The molecule has 0 aromatic heterocycles. The molecule has 4 aliphatic rings. The van der Waals surface area contributed by atoms with E-state index in [1.165, 1.54) is 31.4 Å². The van der Waals surface area contributed by atoms with E-state index in [1.807, 2.05) is 0 Å². The van der Waals surface area contributed by atoms with Crippen molar-refractivity contribution >= 4 is 11.9 Å². The highest BCUT2D eigenvalue weighted by molar-refractivity contribution is 5.81. The molecule has 3 atom stereocenters. The fourth-order valence-electron chi connectivity index (χ4n) is 5.36. The van der Waals surface area contributed by atoms with Gasteiger partial charge in [-0.25, -0.2) is 9.59 Å². The van der Waals surface area contributed by atoms with Gasteiger partial charge in [-0.3, -0.25) is 0 Å². The van der Waals surface area contributed by atoms with Crippen LogP contribution in [0.15, 0.2) is 25.3 Å². The highest BCUT2D eigenvalue weighted by atomic mass is 16.5. The van der Waals surface area contributed by atoms with E-state index in [4.69, 9.17) is 9.47 Å². The van der Waals surface area contributed by atoms with Crippen LogP contribution in [0.5, 0.6) is 0 Å². The first kappa shape index (κ1) is 15.3. The molecule has 4 heteroatoms. The Kier molecular flexibility index (Phi) is 4.11. The summed E-state index contributed by atoms with van der Waals surface area (Å²) in [6.45, 7) is 7.75. The molecule has 4 saturated carbocycles. The minimum Gasteiger partial charge on any atom is -0.462 e. The molecule has 4 rings (SSSR count). The van der Waals surface area contributed by atoms with Gasteiger partial charge in [-0.05, 0) is 49.9 Å². The number of ether oxygens (including phenoxy) is 2. The van der Waals surface area contributed by atoms with Gasteiger partial charge in [0.15, 0.2) is 0 Å². The van der Waals surface area contributed by atoms with E-state index in [0.717, 1.165) is 24.7 Å². The van der Waals surface area contributed by atoms with E-state index in [1.54, 1.807) is 0 Å². The normalized spacial score (nSPS) is 38.4. The molecule has 4 aliphatic carbocycles. The molecule has 4 nitrogen and oxygen atoms in total. The Morgan fingerprint density at radius 1 is 1.00 bits per heavy atom. The van der Waals surface area contributed by atoms with Gasteiger partial charge in [0.2, 0.25) is 0 Å². The lowest BCUT2D eigenvalue weighted by atomic mass is 9.45. The molecule has 22 heavy (non-hydrogen) atoms. The zero-order valence-electron chi connectivity index (χ0n) is 13.0. The van der Waals surface area contributed by atoms with Crippen molar-refractivity contribution in [3.05, 3.63) is 25.3 Å². The third kappa shape index (κ3) is 2.71. The maximum Gasteiger partial charge on any atom is 0.330 e. The van der Waals surface area contributed by atoms with Gasteiger partial charge in [-0.2, -0.15) is 0 Å². The Morgan fingerprint density at radius 3 is 2.18 bits per heavy atom. The van der Waals surface area contributed by atoms with Crippen molar-refractivity contribution in [2.45, 2.75) is 32.1 Å². The molecule has 0 aromatic carbocycles. The smallest absolute Gasteiger partial charge is 0.330 e. The molecular weight excluding hydrogens is 280 g/mol. The first-order chi connectivity index (χ1) is 10.6. The van der Waals surface area contributed by atoms with E-state index < -0.39 is 0 Å². The maximum atomic E-state index is 11.5. The summed E-state index contributed by atoms with van der Waals surface area (Å²) >= 11 is 0. The standard InChI is InChI=1S/C18H24O4/c1-3-16(19)21-10-15-14-6-12-5-13(7-14)9-18(15,8-12)11-22-17(20)4-2/h3-4,12-15H,1-2,5-11H2. The number of hydrogen-bond acceptors (Lipinski definition) is 4. The largest absolute Gasteiger partial charge is 0.462 e. The number of carbonyl (C=O) groups excluding carboxylic acids is 2.